The third-order valence-corrected chi connectivity index (χ3v) is 1.99. The highest BCUT2D eigenvalue weighted by molar-refractivity contribution is 5.45. The summed E-state index contributed by atoms with van der Waals surface area (Å²) in [7, 11) is 0. The maximum atomic E-state index is 9.34. The molecule has 1 heterocycles. The zero-order chi connectivity index (χ0) is 9.97. The molecule has 0 saturated carbocycles. The SMILES string of the molecule is NCc1ccc(O)cc1-n1cnnc1. The molecule has 14 heavy (non-hydrogen) atoms. The summed E-state index contributed by atoms with van der Waals surface area (Å²) in [5.41, 5.74) is 7.31. The van der Waals surface area contributed by atoms with Gasteiger partial charge in [0.2, 0.25) is 0 Å². The first kappa shape index (κ1) is 8.71. The fourth-order valence-electron chi connectivity index (χ4n) is 1.29. The second kappa shape index (κ2) is 3.47. The molecule has 3 N–H and O–H groups in total. The summed E-state index contributed by atoms with van der Waals surface area (Å²) in [5, 5.41) is 16.7. The summed E-state index contributed by atoms with van der Waals surface area (Å²) in [6.45, 7) is 0.411. The van der Waals surface area contributed by atoms with Crippen molar-refractivity contribution in [3.63, 3.8) is 0 Å². The number of hydrogen-bond donors (Lipinski definition) is 2. The first-order valence-electron chi connectivity index (χ1n) is 4.18. The standard InChI is InChI=1S/C9H10N4O/c10-4-7-1-2-8(14)3-9(7)13-5-11-12-6-13/h1-3,5-6,14H,4,10H2. The van der Waals surface area contributed by atoms with Crippen LogP contribution in [0.1, 0.15) is 5.56 Å². The highest BCUT2D eigenvalue weighted by Gasteiger charge is 2.04. The minimum Gasteiger partial charge on any atom is -0.508 e. The van der Waals surface area contributed by atoms with Gasteiger partial charge in [-0.05, 0) is 11.6 Å². The van der Waals surface area contributed by atoms with Gasteiger partial charge in [0.25, 0.3) is 0 Å². The van der Waals surface area contributed by atoms with Gasteiger partial charge in [-0.15, -0.1) is 10.2 Å². The lowest BCUT2D eigenvalue weighted by atomic mass is 10.1. The van der Waals surface area contributed by atoms with E-state index in [2.05, 4.69) is 10.2 Å². The van der Waals surface area contributed by atoms with Crippen molar-refractivity contribution in [1.29, 1.82) is 0 Å². The summed E-state index contributed by atoms with van der Waals surface area (Å²) in [6, 6.07) is 5.02. The van der Waals surface area contributed by atoms with E-state index in [1.807, 2.05) is 0 Å². The van der Waals surface area contributed by atoms with E-state index < -0.39 is 0 Å². The molecule has 0 aliphatic carbocycles. The van der Waals surface area contributed by atoms with Crippen LogP contribution in [0.25, 0.3) is 5.69 Å². The van der Waals surface area contributed by atoms with Crippen molar-refractivity contribution >= 4 is 0 Å². The summed E-state index contributed by atoms with van der Waals surface area (Å²) in [5.74, 6) is 0.200. The van der Waals surface area contributed by atoms with Gasteiger partial charge in [0.05, 0.1) is 5.69 Å². The van der Waals surface area contributed by atoms with Gasteiger partial charge in [0.1, 0.15) is 18.4 Å². The minimum atomic E-state index is 0.200. The number of aromatic nitrogens is 3. The molecule has 0 aliphatic rings. The minimum absolute atomic E-state index is 0.200. The second-order valence-electron chi connectivity index (χ2n) is 2.89. The highest BCUT2D eigenvalue weighted by atomic mass is 16.3. The fraction of sp³-hybridized carbons (Fsp3) is 0.111. The van der Waals surface area contributed by atoms with E-state index in [0.717, 1.165) is 11.3 Å². The number of phenolic OH excluding ortho intramolecular Hbond substituents is 1. The van der Waals surface area contributed by atoms with Crippen molar-refractivity contribution < 1.29 is 5.11 Å². The van der Waals surface area contributed by atoms with Crippen LogP contribution >= 0.6 is 0 Å². The molecule has 5 heteroatoms. The second-order valence-corrected chi connectivity index (χ2v) is 2.89. The average Bonchev–Trinajstić information content (AvgIpc) is 2.70. The van der Waals surface area contributed by atoms with E-state index in [4.69, 9.17) is 5.73 Å². The smallest absolute Gasteiger partial charge is 0.123 e. The molecule has 0 radical (unpaired) electrons. The van der Waals surface area contributed by atoms with Crippen LogP contribution in [-0.4, -0.2) is 19.9 Å². The first-order valence-corrected chi connectivity index (χ1v) is 4.18. The number of nitrogens with two attached hydrogens (primary N) is 1. The third-order valence-electron chi connectivity index (χ3n) is 1.99. The van der Waals surface area contributed by atoms with Crippen molar-refractivity contribution in [3.8, 4) is 11.4 Å². The maximum Gasteiger partial charge on any atom is 0.123 e. The topological polar surface area (TPSA) is 77.0 Å². The number of phenols is 1. The molecule has 0 spiro atoms. The number of aromatic hydroxyl groups is 1. The Balaban J connectivity index is 2.55. The largest absolute Gasteiger partial charge is 0.508 e. The Hall–Kier alpha value is -1.88. The van der Waals surface area contributed by atoms with Gasteiger partial charge in [-0.2, -0.15) is 0 Å². The van der Waals surface area contributed by atoms with Crippen molar-refractivity contribution in [3.05, 3.63) is 36.4 Å². The predicted molar refractivity (Wildman–Crippen MR) is 50.9 cm³/mol. The fourth-order valence-corrected chi connectivity index (χ4v) is 1.29. The number of benzene rings is 1. The molecular formula is C9H10N4O. The molecular weight excluding hydrogens is 180 g/mol. The lowest BCUT2D eigenvalue weighted by Gasteiger charge is -2.07. The maximum absolute atomic E-state index is 9.34. The quantitative estimate of drug-likeness (QED) is 0.720. The van der Waals surface area contributed by atoms with Crippen molar-refractivity contribution in [2.75, 3.05) is 0 Å². The van der Waals surface area contributed by atoms with Crippen LogP contribution < -0.4 is 5.73 Å². The molecule has 0 aliphatic heterocycles. The van der Waals surface area contributed by atoms with E-state index in [1.54, 1.807) is 35.4 Å². The average molecular weight is 190 g/mol. The Morgan fingerprint density at radius 2 is 2.00 bits per heavy atom. The van der Waals surface area contributed by atoms with Crippen molar-refractivity contribution in [2.45, 2.75) is 6.54 Å². The molecule has 0 amide bonds. The zero-order valence-corrected chi connectivity index (χ0v) is 7.46. The Kier molecular flexibility index (Phi) is 2.16. The Morgan fingerprint density at radius 3 is 2.64 bits per heavy atom. The van der Waals surface area contributed by atoms with E-state index in [1.165, 1.54) is 0 Å². The van der Waals surface area contributed by atoms with Gasteiger partial charge in [0, 0.05) is 12.6 Å². The number of hydrogen-bond acceptors (Lipinski definition) is 4. The van der Waals surface area contributed by atoms with Crippen LogP contribution in [0, 0.1) is 0 Å². The Labute approximate surface area is 80.8 Å². The molecule has 0 bridgehead atoms. The summed E-state index contributed by atoms with van der Waals surface area (Å²) in [6.07, 6.45) is 3.13. The monoisotopic (exact) mass is 190 g/mol. The molecule has 72 valence electrons. The van der Waals surface area contributed by atoms with E-state index in [0.29, 0.717) is 6.54 Å². The lowest BCUT2D eigenvalue weighted by molar-refractivity contribution is 0.474. The van der Waals surface area contributed by atoms with E-state index >= 15 is 0 Å². The Bertz CT molecular complexity index is 424. The molecule has 0 unspecified atom stereocenters. The molecule has 0 saturated heterocycles. The normalized spacial score (nSPS) is 10.4. The Morgan fingerprint density at radius 1 is 1.29 bits per heavy atom. The van der Waals surface area contributed by atoms with Crippen LogP contribution in [0.15, 0.2) is 30.9 Å². The first-order chi connectivity index (χ1) is 6.81. The van der Waals surface area contributed by atoms with Gasteiger partial charge < -0.3 is 10.8 Å². The van der Waals surface area contributed by atoms with Gasteiger partial charge in [-0.25, -0.2) is 0 Å². The molecule has 0 fully saturated rings. The summed E-state index contributed by atoms with van der Waals surface area (Å²) < 4.78 is 1.71. The lowest BCUT2D eigenvalue weighted by Crippen LogP contribution is -2.02. The van der Waals surface area contributed by atoms with Gasteiger partial charge in [-0.3, -0.25) is 4.57 Å². The van der Waals surface area contributed by atoms with Gasteiger partial charge in [-0.1, -0.05) is 6.07 Å². The van der Waals surface area contributed by atoms with E-state index in [9.17, 15) is 5.11 Å². The molecule has 1 aromatic carbocycles. The van der Waals surface area contributed by atoms with Crippen LogP contribution in [0.5, 0.6) is 5.75 Å². The predicted octanol–water partition coefficient (Wildman–Crippen LogP) is 0.432. The summed E-state index contributed by atoms with van der Waals surface area (Å²) in [4.78, 5) is 0. The molecule has 2 rings (SSSR count). The molecule has 2 aromatic rings. The molecule has 0 atom stereocenters. The third kappa shape index (κ3) is 1.45. The summed E-state index contributed by atoms with van der Waals surface area (Å²) >= 11 is 0. The molecule has 1 aromatic heterocycles. The van der Waals surface area contributed by atoms with Gasteiger partial charge in [0.15, 0.2) is 0 Å². The highest BCUT2D eigenvalue weighted by Crippen LogP contribution is 2.19. The van der Waals surface area contributed by atoms with Gasteiger partial charge >= 0.3 is 0 Å². The van der Waals surface area contributed by atoms with Crippen LogP contribution in [0.2, 0.25) is 0 Å². The zero-order valence-electron chi connectivity index (χ0n) is 7.46. The van der Waals surface area contributed by atoms with Crippen LogP contribution in [-0.2, 0) is 6.54 Å². The molecule has 5 nitrogen and oxygen atoms in total. The van der Waals surface area contributed by atoms with Crippen LogP contribution in [0.4, 0.5) is 0 Å². The number of rotatable bonds is 2. The van der Waals surface area contributed by atoms with E-state index in [-0.39, 0.29) is 5.75 Å². The van der Waals surface area contributed by atoms with Crippen LogP contribution in [0.3, 0.4) is 0 Å². The van der Waals surface area contributed by atoms with Crippen molar-refractivity contribution in [2.24, 2.45) is 5.73 Å². The number of nitrogens with zero attached hydrogens (tertiary/aromatic N) is 3. The van der Waals surface area contributed by atoms with Crippen molar-refractivity contribution in [1.82, 2.24) is 14.8 Å².